The van der Waals surface area contributed by atoms with Gasteiger partial charge in [-0.25, -0.2) is 0 Å². The molecule has 0 aromatic heterocycles. The average molecular weight is 290 g/mol. The van der Waals surface area contributed by atoms with Crippen molar-refractivity contribution in [3.63, 3.8) is 0 Å². The number of ketones is 1. The van der Waals surface area contributed by atoms with Crippen LogP contribution in [0.3, 0.4) is 0 Å². The molecule has 0 amide bonds. The second-order valence-electron chi connectivity index (χ2n) is 7.81. The number of ether oxygens (including phenoxy) is 2. The lowest BCUT2D eigenvalue weighted by Gasteiger charge is -2.49. The van der Waals surface area contributed by atoms with Crippen LogP contribution in [0.2, 0.25) is 0 Å². The highest BCUT2D eigenvalue weighted by Gasteiger charge is 2.58. The molecule has 0 aromatic carbocycles. The maximum absolute atomic E-state index is 12.6. The van der Waals surface area contributed by atoms with E-state index in [4.69, 9.17) is 9.47 Å². The summed E-state index contributed by atoms with van der Waals surface area (Å²) in [6.45, 7) is 8.01. The molecule has 5 atom stereocenters. The second kappa shape index (κ2) is 4.42. The summed E-state index contributed by atoms with van der Waals surface area (Å²) >= 11 is 0. The van der Waals surface area contributed by atoms with Gasteiger partial charge in [-0.15, -0.1) is 0 Å². The number of fused-ring (bicyclic) bond motifs is 3. The standard InChI is InChI=1S/C18H26O3/c1-11-10-15-14-5-7-18(20-8-9-21-18)12(2)13(14)4-6-17(15,3)16(11)19/h4,11-12,14-15H,5-10H2,1-3H3/t11-,12?,14?,15?,17+/m0/s1. The summed E-state index contributed by atoms with van der Waals surface area (Å²) in [5.41, 5.74) is 1.39. The zero-order chi connectivity index (χ0) is 14.8. The van der Waals surface area contributed by atoms with Crippen LogP contribution < -0.4 is 0 Å². The highest BCUT2D eigenvalue weighted by Crippen LogP contribution is 2.59. The predicted molar refractivity (Wildman–Crippen MR) is 79.6 cm³/mol. The molecule has 1 spiro atoms. The molecule has 3 fully saturated rings. The van der Waals surface area contributed by atoms with Gasteiger partial charge >= 0.3 is 0 Å². The predicted octanol–water partition coefficient (Wildman–Crippen LogP) is 3.34. The number of Topliss-reactive ketones (excluding diaryl/α,β-unsaturated/α-hetero) is 1. The Balaban J connectivity index is 1.68. The van der Waals surface area contributed by atoms with Gasteiger partial charge in [0.05, 0.1) is 13.2 Å². The van der Waals surface area contributed by atoms with E-state index in [0.717, 1.165) is 38.9 Å². The largest absolute Gasteiger partial charge is 0.347 e. The lowest BCUT2D eigenvalue weighted by molar-refractivity contribution is -0.203. The van der Waals surface area contributed by atoms with Crippen molar-refractivity contribution in [3.8, 4) is 0 Å². The molecule has 0 aromatic rings. The fourth-order valence-electron chi connectivity index (χ4n) is 5.63. The number of carbonyl (C=O) groups excluding carboxylic acids is 1. The smallest absolute Gasteiger partial charge is 0.174 e. The Kier molecular flexibility index (Phi) is 2.94. The van der Waals surface area contributed by atoms with Gasteiger partial charge in [0.25, 0.3) is 0 Å². The summed E-state index contributed by atoms with van der Waals surface area (Å²) in [6.07, 6.45) is 6.42. The maximum Gasteiger partial charge on any atom is 0.174 e. The Hall–Kier alpha value is -0.670. The van der Waals surface area contributed by atoms with Gasteiger partial charge in [0.1, 0.15) is 5.78 Å². The third-order valence-corrected chi connectivity index (χ3v) is 6.85. The quantitative estimate of drug-likeness (QED) is 0.642. The van der Waals surface area contributed by atoms with E-state index in [-0.39, 0.29) is 17.1 Å². The van der Waals surface area contributed by atoms with E-state index in [2.05, 4.69) is 26.8 Å². The molecular weight excluding hydrogens is 264 g/mol. The number of hydrogen-bond acceptors (Lipinski definition) is 3. The number of carbonyl (C=O) groups is 1. The summed E-state index contributed by atoms with van der Waals surface area (Å²) in [6, 6.07) is 0. The molecule has 1 saturated heterocycles. The normalized spacial score (nSPS) is 48.1. The first kappa shape index (κ1) is 14.0. The molecular formula is C18H26O3. The van der Waals surface area contributed by atoms with Crippen molar-refractivity contribution >= 4 is 5.78 Å². The highest BCUT2D eigenvalue weighted by molar-refractivity contribution is 5.89. The molecule has 3 unspecified atom stereocenters. The van der Waals surface area contributed by atoms with Crippen molar-refractivity contribution in [2.75, 3.05) is 13.2 Å². The zero-order valence-corrected chi connectivity index (χ0v) is 13.4. The van der Waals surface area contributed by atoms with E-state index in [1.165, 1.54) is 5.57 Å². The molecule has 0 N–H and O–H groups in total. The summed E-state index contributed by atoms with van der Waals surface area (Å²) in [5, 5.41) is 0. The van der Waals surface area contributed by atoms with Crippen LogP contribution >= 0.6 is 0 Å². The van der Waals surface area contributed by atoms with Gasteiger partial charge in [-0.2, -0.15) is 0 Å². The van der Waals surface area contributed by atoms with Gasteiger partial charge in [0.2, 0.25) is 0 Å². The van der Waals surface area contributed by atoms with Crippen LogP contribution in [-0.4, -0.2) is 24.8 Å². The highest BCUT2D eigenvalue weighted by atomic mass is 16.7. The van der Waals surface area contributed by atoms with Crippen LogP contribution in [0.15, 0.2) is 11.6 Å². The minimum absolute atomic E-state index is 0.116. The summed E-state index contributed by atoms with van der Waals surface area (Å²) < 4.78 is 12.0. The first-order valence-corrected chi connectivity index (χ1v) is 8.50. The van der Waals surface area contributed by atoms with E-state index in [9.17, 15) is 4.79 Å². The monoisotopic (exact) mass is 290 g/mol. The molecule has 1 aliphatic heterocycles. The molecule has 4 aliphatic rings. The van der Waals surface area contributed by atoms with E-state index in [0.29, 0.717) is 23.5 Å². The summed E-state index contributed by atoms with van der Waals surface area (Å²) in [4.78, 5) is 12.6. The molecule has 0 radical (unpaired) electrons. The fraction of sp³-hybridized carbons (Fsp3) is 0.833. The number of hydrogen-bond donors (Lipinski definition) is 0. The Bertz CT molecular complexity index is 503. The van der Waals surface area contributed by atoms with Gasteiger partial charge in [0.15, 0.2) is 5.79 Å². The van der Waals surface area contributed by atoms with Crippen LogP contribution in [0.5, 0.6) is 0 Å². The van der Waals surface area contributed by atoms with Crippen molar-refractivity contribution in [1.82, 2.24) is 0 Å². The van der Waals surface area contributed by atoms with Gasteiger partial charge in [-0.3, -0.25) is 4.79 Å². The van der Waals surface area contributed by atoms with Crippen molar-refractivity contribution in [2.45, 2.75) is 52.2 Å². The Morgan fingerprint density at radius 3 is 2.67 bits per heavy atom. The number of allylic oxidation sites excluding steroid dienone is 1. The van der Waals surface area contributed by atoms with Gasteiger partial charge in [0, 0.05) is 23.7 Å². The molecule has 3 nitrogen and oxygen atoms in total. The van der Waals surface area contributed by atoms with Gasteiger partial charge in [-0.05, 0) is 31.1 Å². The zero-order valence-electron chi connectivity index (χ0n) is 13.4. The molecule has 3 heteroatoms. The molecule has 4 rings (SSSR count). The van der Waals surface area contributed by atoms with Crippen molar-refractivity contribution in [2.24, 2.45) is 29.1 Å². The van der Waals surface area contributed by atoms with Crippen molar-refractivity contribution in [1.29, 1.82) is 0 Å². The molecule has 0 bridgehead atoms. The van der Waals surface area contributed by atoms with E-state index in [1.807, 2.05) is 0 Å². The van der Waals surface area contributed by atoms with E-state index < -0.39 is 0 Å². The summed E-state index contributed by atoms with van der Waals surface area (Å²) in [7, 11) is 0. The van der Waals surface area contributed by atoms with Gasteiger partial charge in [-0.1, -0.05) is 32.4 Å². The Morgan fingerprint density at radius 2 is 1.95 bits per heavy atom. The minimum atomic E-state index is -0.371. The lowest BCUT2D eigenvalue weighted by atomic mass is 9.58. The average Bonchev–Trinajstić information content (AvgIpc) is 3.02. The van der Waals surface area contributed by atoms with Crippen LogP contribution in [0.1, 0.15) is 46.5 Å². The van der Waals surface area contributed by atoms with E-state index in [1.54, 1.807) is 0 Å². The van der Waals surface area contributed by atoms with Gasteiger partial charge < -0.3 is 9.47 Å². The Labute approximate surface area is 127 Å². The molecule has 2 saturated carbocycles. The summed E-state index contributed by atoms with van der Waals surface area (Å²) in [5.74, 6) is 1.77. The third kappa shape index (κ3) is 1.71. The molecule has 1 heterocycles. The molecule has 21 heavy (non-hydrogen) atoms. The maximum atomic E-state index is 12.6. The van der Waals surface area contributed by atoms with Crippen LogP contribution in [0.25, 0.3) is 0 Å². The molecule has 3 aliphatic carbocycles. The third-order valence-electron chi connectivity index (χ3n) is 6.85. The molecule has 116 valence electrons. The first-order valence-electron chi connectivity index (χ1n) is 8.50. The van der Waals surface area contributed by atoms with Crippen molar-refractivity contribution < 1.29 is 14.3 Å². The fourth-order valence-corrected chi connectivity index (χ4v) is 5.63. The van der Waals surface area contributed by atoms with Crippen LogP contribution in [-0.2, 0) is 14.3 Å². The second-order valence-corrected chi connectivity index (χ2v) is 7.81. The SMILES string of the molecule is CC1C2=CC[C@@]3(C)C(=O)[C@@H](C)CC3C2CCC12OCCO2. The lowest BCUT2D eigenvalue weighted by Crippen LogP contribution is -2.49. The minimum Gasteiger partial charge on any atom is -0.347 e. The topological polar surface area (TPSA) is 35.5 Å². The van der Waals surface area contributed by atoms with Crippen LogP contribution in [0.4, 0.5) is 0 Å². The first-order chi connectivity index (χ1) is 9.98. The van der Waals surface area contributed by atoms with Crippen LogP contribution in [0, 0.1) is 29.1 Å². The van der Waals surface area contributed by atoms with E-state index >= 15 is 0 Å². The number of rotatable bonds is 0. The Morgan fingerprint density at radius 1 is 1.24 bits per heavy atom. The van der Waals surface area contributed by atoms with Crippen molar-refractivity contribution in [3.05, 3.63) is 11.6 Å².